The molecule has 5 rings (SSSR count). The predicted octanol–water partition coefficient (Wildman–Crippen LogP) is 3.68. The van der Waals surface area contributed by atoms with Gasteiger partial charge in [0.2, 0.25) is 0 Å². The molecule has 8 nitrogen and oxygen atoms in total. The topological polar surface area (TPSA) is 88.1 Å². The molecule has 9 heteroatoms. The van der Waals surface area contributed by atoms with Crippen LogP contribution in [0, 0.1) is 13.8 Å². The molecular weight excluding hydrogens is 468 g/mol. The first-order valence-corrected chi connectivity index (χ1v) is 11.9. The van der Waals surface area contributed by atoms with Crippen molar-refractivity contribution in [2.24, 2.45) is 0 Å². The van der Waals surface area contributed by atoms with Gasteiger partial charge in [0.15, 0.2) is 16.9 Å². The fourth-order valence-electron chi connectivity index (χ4n) is 4.69. The highest BCUT2D eigenvalue weighted by atomic mass is 35.5. The van der Waals surface area contributed by atoms with Gasteiger partial charge in [0.1, 0.15) is 0 Å². The molecule has 2 aromatic carbocycles. The number of aromatic nitrogens is 4. The second kappa shape index (κ2) is 9.28. The van der Waals surface area contributed by atoms with Crippen molar-refractivity contribution in [2.45, 2.75) is 45.9 Å². The van der Waals surface area contributed by atoms with Gasteiger partial charge < -0.3 is 9.30 Å². The van der Waals surface area contributed by atoms with Gasteiger partial charge in [-0.3, -0.25) is 14.2 Å². The number of hydrogen-bond donors (Lipinski definition) is 0. The number of aryl methyl sites for hydroxylation is 2. The SMILES string of the molecule is Cc1cccc(C)c1-n1c(=O)n(C[C@@H]2CCCO2)c(=O)c2c1ncn2CC(=O)c1ccc(Cl)cc1. The molecule has 0 bridgehead atoms. The quantitative estimate of drug-likeness (QED) is 0.383. The molecular formula is C26H25ClN4O4. The maximum absolute atomic E-state index is 13.7. The van der Waals surface area contributed by atoms with Gasteiger partial charge in [0, 0.05) is 17.2 Å². The second-order valence-corrected chi connectivity index (χ2v) is 9.32. The van der Waals surface area contributed by atoms with Gasteiger partial charge in [-0.25, -0.2) is 14.3 Å². The molecule has 3 heterocycles. The molecule has 0 aliphatic carbocycles. The summed E-state index contributed by atoms with van der Waals surface area (Å²) in [5, 5.41) is 0.532. The fourth-order valence-corrected chi connectivity index (χ4v) is 4.82. The zero-order valence-corrected chi connectivity index (χ0v) is 20.3. The van der Waals surface area contributed by atoms with Crippen LogP contribution in [0.15, 0.2) is 58.4 Å². The van der Waals surface area contributed by atoms with Crippen LogP contribution in [-0.2, 0) is 17.8 Å². The van der Waals surface area contributed by atoms with E-state index in [0.29, 0.717) is 22.9 Å². The number of nitrogens with zero attached hydrogens (tertiary/aromatic N) is 4. The third-order valence-corrected chi connectivity index (χ3v) is 6.71. The van der Waals surface area contributed by atoms with Crippen LogP contribution in [0.3, 0.4) is 0 Å². The Labute approximate surface area is 206 Å². The minimum absolute atomic E-state index is 0.0989. The number of rotatable bonds is 6. The predicted molar refractivity (Wildman–Crippen MR) is 134 cm³/mol. The molecule has 0 N–H and O–H groups in total. The Morgan fingerprint density at radius 2 is 1.83 bits per heavy atom. The molecule has 1 atom stereocenters. The zero-order chi connectivity index (χ0) is 24.7. The highest BCUT2D eigenvalue weighted by Crippen LogP contribution is 2.21. The van der Waals surface area contributed by atoms with Crippen molar-refractivity contribution in [3.8, 4) is 5.69 Å². The van der Waals surface area contributed by atoms with E-state index in [1.54, 1.807) is 24.3 Å². The Kier molecular flexibility index (Phi) is 6.17. The molecule has 0 amide bonds. The molecule has 0 spiro atoms. The van der Waals surface area contributed by atoms with Crippen molar-refractivity contribution >= 4 is 28.5 Å². The minimum Gasteiger partial charge on any atom is -0.376 e. The summed E-state index contributed by atoms with van der Waals surface area (Å²) in [6.07, 6.45) is 2.90. The standard InChI is InChI=1S/C26H25ClN4O4/c1-16-5-3-6-17(2)22(16)31-24-23(25(33)30(26(31)34)13-20-7-4-12-35-20)29(15-28-24)14-21(32)18-8-10-19(27)11-9-18/h3,5-6,8-11,15,20H,4,7,12-14H2,1-2H3/t20-/m0/s1. The van der Waals surface area contributed by atoms with Crippen molar-refractivity contribution in [3.05, 3.63) is 91.3 Å². The molecule has 0 unspecified atom stereocenters. The van der Waals surface area contributed by atoms with Crippen molar-refractivity contribution in [1.82, 2.24) is 18.7 Å². The van der Waals surface area contributed by atoms with Gasteiger partial charge in [-0.05, 0) is 62.1 Å². The Bertz CT molecular complexity index is 1520. The zero-order valence-electron chi connectivity index (χ0n) is 19.5. The lowest BCUT2D eigenvalue weighted by Crippen LogP contribution is -2.42. The molecule has 1 fully saturated rings. The lowest BCUT2D eigenvalue weighted by Gasteiger charge is -2.17. The molecule has 1 aliphatic heterocycles. The summed E-state index contributed by atoms with van der Waals surface area (Å²) in [7, 11) is 0. The van der Waals surface area contributed by atoms with E-state index in [4.69, 9.17) is 16.3 Å². The highest BCUT2D eigenvalue weighted by Gasteiger charge is 2.25. The molecule has 0 radical (unpaired) electrons. The van der Waals surface area contributed by atoms with Gasteiger partial charge in [0.05, 0.1) is 31.2 Å². The van der Waals surface area contributed by atoms with E-state index < -0.39 is 11.2 Å². The van der Waals surface area contributed by atoms with Crippen LogP contribution in [-0.4, -0.2) is 37.2 Å². The van der Waals surface area contributed by atoms with Gasteiger partial charge >= 0.3 is 5.69 Å². The molecule has 35 heavy (non-hydrogen) atoms. The molecule has 1 aliphatic rings. The van der Waals surface area contributed by atoms with Gasteiger partial charge in [-0.1, -0.05) is 29.8 Å². The number of ketones is 1. The second-order valence-electron chi connectivity index (χ2n) is 8.88. The number of imidazole rings is 1. The summed E-state index contributed by atoms with van der Waals surface area (Å²) in [4.78, 5) is 44.8. The van der Waals surface area contributed by atoms with Crippen molar-refractivity contribution in [1.29, 1.82) is 0 Å². The normalized spacial score (nSPS) is 15.7. The summed E-state index contributed by atoms with van der Waals surface area (Å²) < 4.78 is 9.94. The van der Waals surface area contributed by atoms with Gasteiger partial charge in [0.25, 0.3) is 5.56 Å². The maximum Gasteiger partial charge on any atom is 0.337 e. The van der Waals surface area contributed by atoms with E-state index >= 15 is 0 Å². The van der Waals surface area contributed by atoms with E-state index in [0.717, 1.165) is 24.0 Å². The average molecular weight is 493 g/mol. The summed E-state index contributed by atoms with van der Waals surface area (Å²) in [5.41, 5.74) is 2.38. The Morgan fingerprint density at radius 1 is 1.11 bits per heavy atom. The number of carbonyl (C=O) groups is 1. The van der Waals surface area contributed by atoms with Crippen molar-refractivity contribution < 1.29 is 9.53 Å². The summed E-state index contributed by atoms with van der Waals surface area (Å²) in [6, 6.07) is 12.3. The fraction of sp³-hybridized carbons (Fsp3) is 0.308. The summed E-state index contributed by atoms with van der Waals surface area (Å²) >= 11 is 5.95. The Hall–Kier alpha value is -3.49. The van der Waals surface area contributed by atoms with Crippen molar-refractivity contribution in [2.75, 3.05) is 6.61 Å². The van der Waals surface area contributed by atoms with E-state index in [9.17, 15) is 14.4 Å². The monoisotopic (exact) mass is 492 g/mol. The number of carbonyl (C=O) groups excluding carboxylic acids is 1. The van der Waals surface area contributed by atoms with Gasteiger partial charge in [-0.15, -0.1) is 0 Å². The third-order valence-electron chi connectivity index (χ3n) is 6.45. The summed E-state index contributed by atoms with van der Waals surface area (Å²) in [6.45, 7) is 4.49. The molecule has 1 saturated heterocycles. The van der Waals surface area contributed by atoms with Crippen LogP contribution in [0.1, 0.15) is 34.3 Å². The number of halogens is 1. The highest BCUT2D eigenvalue weighted by molar-refractivity contribution is 6.30. The van der Waals surface area contributed by atoms with E-state index in [1.165, 1.54) is 20.0 Å². The molecule has 0 saturated carbocycles. The van der Waals surface area contributed by atoms with Crippen LogP contribution in [0.25, 0.3) is 16.9 Å². The van der Waals surface area contributed by atoms with Crippen molar-refractivity contribution in [3.63, 3.8) is 0 Å². The lowest BCUT2D eigenvalue weighted by atomic mass is 10.1. The number of ether oxygens (including phenoxy) is 1. The summed E-state index contributed by atoms with van der Waals surface area (Å²) in [5.74, 6) is -0.198. The van der Waals surface area contributed by atoms with E-state index in [2.05, 4.69) is 4.98 Å². The first-order valence-electron chi connectivity index (χ1n) is 11.5. The smallest absolute Gasteiger partial charge is 0.337 e. The van der Waals surface area contributed by atoms with E-state index in [1.807, 2.05) is 32.0 Å². The number of Topliss-reactive ketones (excluding diaryl/α,β-unsaturated/α-hetero) is 1. The number of fused-ring (bicyclic) bond motifs is 1. The largest absolute Gasteiger partial charge is 0.376 e. The maximum atomic E-state index is 13.7. The first-order chi connectivity index (χ1) is 16.8. The van der Waals surface area contributed by atoms with Gasteiger partial charge in [-0.2, -0.15) is 0 Å². The lowest BCUT2D eigenvalue weighted by molar-refractivity contribution is 0.0947. The Balaban J connectivity index is 1.71. The number of para-hydroxylation sites is 1. The van der Waals surface area contributed by atoms with Crippen LogP contribution in [0.2, 0.25) is 5.02 Å². The van der Waals surface area contributed by atoms with Crippen LogP contribution < -0.4 is 11.2 Å². The molecule has 4 aromatic rings. The average Bonchev–Trinajstić information content (AvgIpc) is 3.49. The Morgan fingerprint density at radius 3 is 2.49 bits per heavy atom. The van der Waals surface area contributed by atoms with Crippen LogP contribution in [0.5, 0.6) is 0 Å². The van der Waals surface area contributed by atoms with E-state index in [-0.39, 0.29) is 36.1 Å². The number of hydrogen-bond acceptors (Lipinski definition) is 5. The third kappa shape index (κ3) is 4.24. The first kappa shape index (κ1) is 23.3. The molecule has 2 aromatic heterocycles. The molecule has 180 valence electrons. The minimum atomic E-state index is -0.482. The van der Waals surface area contributed by atoms with Crippen LogP contribution in [0.4, 0.5) is 0 Å². The van der Waals surface area contributed by atoms with Crippen LogP contribution >= 0.6 is 11.6 Å². The number of benzene rings is 2.